The van der Waals surface area contributed by atoms with E-state index in [0.29, 0.717) is 4.90 Å². The van der Waals surface area contributed by atoms with E-state index >= 15 is 0 Å². The lowest BCUT2D eigenvalue weighted by Gasteiger charge is -2.38. The molecule has 0 radical (unpaired) electrons. The van der Waals surface area contributed by atoms with E-state index < -0.39 is 18.2 Å². The highest BCUT2D eigenvalue weighted by Crippen LogP contribution is 2.37. The van der Waals surface area contributed by atoms with Gasteiger partial charge in [0, 0.05) is 0 Å². The van der Waals surface area contributed by atoms with Gasteiger partial charge in [0.05, 0.1) is 16.8 Å². The third-order valence-electron chi connectivity index (χ3n) is 5.00. The molecule has 26 heavy (non-hydrogen) atoms. The average molecular weight is 395 g/mol. The summed E-state index contributed by atoms with van der Waals surface area (Å²) < 4.78 is 31.0. The van der Waals surface area contributed by atoms with E-state index in [9.17, 15) is 8.42 Å². The van der Waals surface area contributed by atoms with Crippen molar-refractivity contribution in [3.8, 4) is 0 Å². The molecule has 0 saturated carbocycles. The van der Waals surface area contributed by atoms with Crippen molar-refractivity contribution in [1.82, 2.24) is 0 Å². The summed E-state index contributed by atoms with van der Waals surface area (Å²) in [6.07, 6.45) is 7.12. The molecule has 0 amide bonds. The SMILES string of the molecule is C=CC(CC/C=C/CS(=O)(=O)c1ccc(C)cc1)O[Si](C)(C)C(C)(C)C. The molecule has 1 aromatic carbocycles. The highest BCUT2D eigenvalue weighted by molar-refractivity contribution is 7.91. The molecule has 0 spiro atoms. The van der Waals surface area contributed by atoms with Gasteiger partial charge >= 0.3 is 0 Å². The predicted molar refractivity (Wildman–Crippen MR) is 114 cm³/mol. The number of hydrogen-bond donors (Lipinski definition) is 0. The zero-order valence-electron chi connectivity index (χ0n) is 17.1. The van der Waals surface area contributed by atoms with Crippen LogP contribution in [0.3, 0.4) is 0 Å². The fourth-order valence-corrected chi connectivity index (χ4v) is 4.65. The summed E-state index contributed by atoms with van der Waals surface area (Å²) in [4.78, 5) is 0.373. The van der Waals surface area contributed by atoms with Crippen LogP contribution in [0.5, 0.6) is 0 Å². The zero-order valence-corrected chi connectivity index (χ0v) is 18.9. The van der Waals surface area contributed by atoms with Gasteiger partial charge in [-0.1, -0.05) is 56.7 Å². The van der Waals surface area contributed by atoms with E-state index in [1.807, 2.05) is 31.2 Å². The summed E-state index contributed by atoms with van der Waals surface area (Å²) in [5.74, 6) is 0.0257. The van der Waals surface area contributed by atoms with Gasteiger partial charge in [0.1, 0.15) is 0 Å². The third-order valence-corrected chi connectivity index (χ3v) is 11.1. The fraction of sp³-hybridized carbons (Fsp3) is 0.524. The van der Waals surface area contributed by atoms with Crippen LogP contribution in [0.25, 0.3) is 0 Å². The summed E-state index contributed by atoms with van der Waals surface area (Å²) in [5.41, 5.74) is 1.05. The molecule has 5 heteroatoms. The largest absolute Gasteiger partial charge is 0.411 e. The fourth-order valence-electron chi connectivity index (χ4n) is 2.19. The number of sulfone groups is 1. The van der Waals surface area contributed by atoms with Crippen LogP contribution < -0.4 is 0 Å². The minimum absolute atomic E-state index is 0.00856. The highest BCUT2D eigenvalue weighted by Gasteiger charge is 2.38. The van der Waals surface area contributed by atoms with Gasteiger partial charge < -0.3 is 4.43 Å². The van der Waals surface area contributed by atoms with E-state index in [2.05, 4.69) is 40.4 Å². The minimum Gasteiger partial charge on any atom is -0.411 e. The van der Waals surface area contributed by atoms with Crippen LogP contribution in [0, 0.1) is 6.92 Å². The second-order valence-corrected chi connectivity index (χ2v) is 15.1. The summed E-state index contributed by atoms with van der Waals surface area (Å²) in [6, 6.07) is 6.98. The van der Waals surface area contributed by atoms with Crippen molar-refractivity contribution in [3.63, 3.8) is 0 Å². The van der Waals surface area contributed by atoms with E-state index in [4.69, 9.17) is 4.43 Å². The zero-order chi connectivity index (χ0) is 20.0. The summed E-state index contributed by atoms with van der Waals surface area (Å²) >= 11 is 0. The van der Waals surface area contributed by atoms with Crippen LogP contribution in [-0.4, -0.2) is 28.6 Å². The van der Waals surface area contributed by atoms with E-state index in [-0.39, 0.29) is 16.9 Å². The molecule has 0 N–H and O–H groups in total. The second-order valence-electron chi connectivity index (χ2n) is 8.30. The maximum absolute atomic E-state index is 12.3. The molecule has 0 aliphatic carbocycles. The normalized spacial score (nSPS) is 14.5. The Labute approximate surface area is 161 Å². The first-order chi connectivity index (χ1) is 11.9. The Morgan fingerprint density at radius 2 is 1.73 bits per heavy atom. The van der Waals surface area contributed by atoms with Crippen molar-refractivity contribution in [1.29, 1.82) is 0 Å². The van der Waals surface area contributed by atoms with Gasteiger partial charge in [-0.25, -0.2) is 8.42 Å². The highest BCUT2D eigenvalue weighted by atomic mass is 32.2. The minimum atomic E-state index is -3.26. The average Bonchev–Trinajstić information content (AvgIpc) is 2.52. The van der Waals surface area contributed by atoms with Crippen molar-refractivity contribution in [3.05, 3.63) is 54.6 Å². The van der Waals surface area contributed by atoms with E-state index in [0.717, 1.165) is 18.4 Å². The second kappa shape index (κ2) is 9.15. The summed E-state index contributed by atoms with van der Waals surface area (Å²) in [6.45, 7) is 16.9. The van der Waals surface area contributed by atoms with Gasteiger partial charge in [0.2, 0.25) is 0 Å². The van der Waals surface area contributed by atoms with Crippen molar-refractivity contribution >= 4 is 18.2 Å². The molecule has 0 aromatic heterocycles. The number of benzene rings is 1. The Morgan fingerprint density at radius 1 is 1.15 bits per heavy atom. The molecule has 1 rings (SSSR count). The number of rotatable bonds is 9. The monoisotopic (exact) mass is 394 g/mol. The molecule has 146 valence electrons. The van der Waals surface area contributed by atoms with Gasteiger partial charge in [-0.3, -0.25) is 0 Å². The Hall–Kier alpha value is -1.17. The lowest BCUT2D eigenvalue weighted by atomic mass is 10.2. The standard InChI is InChI=1S/C21H34O3SSi/c1-8-19(24-26(6,7)21(3,4)5)12-10-9-11-17-25(22,23)20-15-13-18(2)14-16-20/h8-9,11,13-16,19H,1,10,12,17H2,2-7H3/b11-9+. The maximum atomic E-state index is 12.3. The summed E-state index contributed by atoms with van der Waals surface area (Å²) in [5, 5.41) is 0.159. The Bertz CT molecular complexity index is 711. The molecule has 1 unspecified atom stereocenters. The Balaban J connectivity index is 2.55. The molecule has 1 atom stereocenters. The molecule has 0 aliphatic rings. The first-order valence-corrected chi connectivity index (χ1v) is 13.7. The third kappa shape index (κ3) is 6.86. The first-order valence-electron chi connectivity index (χ1n) is 9.14. The van der Waals surface area contributed by atoms with Crippen LogP contribution in [0.1, 0.15) is 39.2 Å². The molecule has 1 aromatic rings. The van der Waals surface area contributed by atoms with Crippen LogP contribution in [0.4, 0.5) is 0 Å². The molecular formula is C21H34O3SSi. The lowest BCUT2D eigenvalue weighted by Crippen LogP contribution is -2.43. The van der Waals surface area contributed by atoms with Crippen molar-refractivity contribution in [2.45, 2.75) is 69.7 Å². The van der Waals surface area contributed by atoms with Gasteiger partial charge in [0.15, 0.2) is 18.2 Å². The van der Waals surface area contributed by atoms with Gasteiger partial charge in [-0.15, -0.1) is 6.58 Å². The smallest absolute Gasteiger partial charge is 0.192 e. The van der Waals surface area contributed by atoms with Crippen LogP contribution in [0.2, 0.25) is 18.1 Å². The molecule has 0 heterocycles. The molecule has 0 fully saturated rings. The maximum Gasteiger partial charge on any atom is 0.192 e. The Kier molecular flexibility index (Phi) is 8.05. The molecular weight excluding hydrogens is 360 g/mol. The van der Waals surface area contributed by atoms with Gasteiger partial charge in [0.25, 0.3) is 0 Å². The molecule has 3 nitrogen and oxygen atoms in total. The molecule has 0 bridgehead atoms. The molecule has 0 saturated heterocycles. The molecule has 0 aliphatic heterocycles. The van der Waals surface area contributed by atoms with Gasteiger partial charge in [-0.05, 0) is 50.0 Å². The van der Waals surface area contributed by atoms with Crippen molar-refractivity contribution in [2.75, 3.05) is 5.75 Å². The first kappa shape index (κ1) is 22.9. The Morgan fingerprint density at radius 3 is 2.23 bits per heavy atom. The van der Waals surface area contributed by atoms with Gasteiger partial charge in [-0.2, -0.15) is 0 Å². The van der Waals surface area contributed by atoms with Crippen LogP contribution in [-0.2, 0) is 14.3 Å². The quantitative estimate of drug-likeness (QED) is 0.400. The van der Waals surface area contributed by atoms with E-state index in [1.54, 1.807) is 18.2 Å². The number of hydrogen-bond acceptors (Lipinski definition) is 3. The number of allylic oxidation sites excluding steroid dienone is 1. The van der Waals surface area contributed by atoms with Crippen LogP contribution >= 0.6 is 0 Å². The number of aryl methyl sites for hydroxylation is 1. The van der Waals surface area contributed by atoms with Crippen LogP contribution in [0.15, 0.2) is 54.0 Å². The predicted octanol–water partition coefficient (Wildman–Crippen LogP) is 5.68. The summed E-state index contributed by atoms with van der Waals surface area (Å²) in [7, 11) is -5.09. The lowest BCUT2D eigenvalue weighted by molar-refractivity contribution is 0.216. The topological polar surface area (TPSA) is 43.4 Å². The van der Waals surface area contributed by atoms with Crippen molar-refractivity contribution < 1.29 is 12.8 Å². The van der Waals surface area contributed by atoms with E-state index in [1.165, 1.54) is 0 Å². The van der Waals surface area contributed by atoms with Crippen molar-refractivity contribution in [2.24, 2.45) is 0 Å².